The number of aromatic nitrogens is 2. The van der Waals surface area contributed by atoms with Crippen LogP contribution in [0.4, 0.5) is 0 Å². The van der Waals surface area contributed by atoms with Crippen LogP contribution in [0, 0.1) is 0 Å². The zero-order valence-corrected chi connectivity index (χ0v) is 9.65. The summed E-state index contributed by atoms with van der Waals surface area (Å²) in [7, 11) is 0. The molecule has 0 unspecified atom stereocenters. The van der Waals surface area contributed by atoms with E-state index in [0.29, 0.717) is 12.4 Å². The summed E-state index contributed by atoms with van der Waals surface area (Å²) in [6, 6.07) is 7.50. The minimum Gasteiger partial charge on any atom is -0.267 e. The zero-order chi connectivity index (χ0) is 11.4. The molecule has 0 saturated heterocycles. The van der Waals surface area contributed by atoms with Crippen LogP contribution in [0.2, 0.25) is 0 Å². The van der Waals surface area contributed by atoms with Gasteiger partial charge in [0.05, 0.1) is 11.6 Å². The Balaban J connectivity index is 2.33. The van der Waals surface area contributed by atoms with Gasteiger partial charge in [0.1, 0.15) is 0 Å². The Labute approximate surface area is 98.7 Å². The molecule has 0 spiro atoms. The predicted molar refractivity (Wildman–Crippen MR) is 66.0 cm³/mol. The van der Waals surface area contributed by atoms with E-state index >= 15 is 0 Å². The fourth-order valence-electron chi connectivity index (χ4n) is 1.64. The summed E-state index contributed by atoms with van der Waals surface area (Å²) in [5, 5.41) is 5.75. The molecule has 0 atom stereocenters. The molecule has 0 aliphatic rings. The third-order valence-electron chi connectivity index (χ3n) is 2.52. The molecule has 84 valence electrons. The second-order valence-electron chi connectivity index (χ2n) is 3.66. The Morgan fingerprint density at radius 2 is 2.06 bits per heavy atom. The molecule has 3 nitrogen and oxygen atoms in total. The SMILES string of the molecule is O=c1c2ccccc2cnn1CCCCCl. The van der Waals surface area contributed by atoms with Gasteiger partial charge in [-0.2, -0.15) is 5.10 Å². The highest BCUT2D eigenvalue weighted by molar-refractivity contribution is 6.17. The summed E-state index contributed by atoms with van der Waals surface area (Å²) >= 11 is 5.59. The van der Waals surface area contributed by atoms with Crippen LogP contribution in [0.3, 0.4) is 0 Å². The van der Waals surface area contributed by atoms with Crippen LogP contribution in [0.1, 0.15) is 12.8 Å². The molecule has 1 aromatic carbocycles. The first-order valence-corrected chi connectivity index (χ1v) is 5.87. The summed E-state index contributed by atoms with van der Waals surface area (Å²) in [6.45, 7) is 0.635. The number of hydrogen-bond acceptors (Lipinski definition) is 2. The van der Waals surface area contributed by atoms with Gasteiger partial charge in [0.2, 0.25) is 0 Å². The molecule has 0 N–H and O–H groups in total. The van der Waals surface area contributed by atoms with Gasteiger partial charge in [0.25, 0.3) is 5.56 Å². The van der Waals surface area contributed by atoms with Crippen LogP contribution >= 0.6 is 11.6 Å². The van der Waals surface area contributed by atoms with Gasteiger partial charge in [-0.1, -0.05) is 18.2 Å². The molecule has 0 saturated carbocycles. The highest BCUT2D eigenvalue weighted by Gasteiger charge is 2.02. The maximum Gasteiger partial charge on any atom is 0.274 e. The molecule has 0 bridgehead atoms. The molecule has 4 heteroatoms. The van der Waals surface area contributed by atoms with Crippen LogP contribution < -0.4 is 5.56 Å². The molecule has 2 rings (SSSR count). The number of benzene rings is 1. The van der Waals surface area contributed by atoms with E-state index in [-0.39, 0.29) is 5.56 Å². The lowest BCUT2D eigenvalue weighted by Gasteiger charge is -2.04. The van der Waals surface area contributed by atoms with Crippen molar-refractivity contribution in [3.05, 3.63) is 40.8 Å². The number of hydrogen-bond donors (Lipinski definition) is 0. The normalized spacial score (nSPS) is 10.8. The Kier molecular flexibility index (Phi) is 3.57. The monoisotopic (exact) mass is 236 g/mol. The molecule has 1 heterocycles. The van der Waals surface area contributed by atoms with Crippen LogP contribution in [-0.4, -0.2) is 15.7 Å². The number of rotatable bonds is 4. The van der Waals surface area contributed by atoms with E-state index < -0.39 is 0 Å². The summed E-state index contributed by atoms with van der Waals surface area (Å²) in [6.07, 6.45) is 3.52. The lowest BCUT2D eigenvalue weighted by molar-refractivity contribution is 0.549. The maximum atomic E-state index is 12.0. The summed E-state index contributed by atoms with van der Waals surface area (Å²) in [5.74, 6) is 0.627. The summed E-state index contributed by atoms with van der Waals surface area (Å²) < 4.78 is 1.51. The smallest absolute Gasteiger partial charge is 0.267 e. The highest BCUT2D eigenvalue weighted by atomic mass is 35.5. The second-order valence-corrected chi connectivity index (χ2v) is 4.03. The first kappa shape index (κ1) is 11.1. The predicted octanol–water partition coefficient (Wildman–Crippen LogP) is 2.42. The number of aryl methyl sites for hydroxylation is 1. The first-order chi connectivity index (χ1) is 7.83. The van der Waals surface area contributed by atoms with E-state index in [4.69, 9.17) is 11.6 Å². The molecule has 16 heavy (non-hydrogen) atoms. The Morgan fingerprint density at radius 3 is 2.88 bits per heavy atom. The minimum absolute atomic E-state index is 0.0207. The number of unbranched alkanes of at least 4 members (excludes halogenated alkanes) is 1. The Morgan fingerprint density at radius 1 is 1.25 bits per heavy atom. The lowest BCUT2D eigenvalue weighted by atomic mass is 10.2. The molecule has 2 aromatic rings. The molecule has 0 amide bonds. The van der Waals surface area contributed by atoms with Crippen molar-refractivity contribution >= 4 is 22.4 Å². The van der Waals surface area contributed by atoms with Crippen LogP contribution in [0.5, 0.6) is 0 Å². The van der Waals surface area contributed by atoms with Gasteiger partial charge in [-0.3, -0.25) is 4.79 Å². The number of halogens is 1. The van der Waals surface area contributed by atoms with Crippen molar-refractivity contribution in [3.63, 3.8) is 0 Å². The number of fused-ring (bicyclic) bond motifs is 1. The van der Waals surface area contributed by atoms with Gasteiger partial charge < -0.3 is 0 Å². The Hall–Kier alpha value is -1.35. The van der Waals surface area contributed by atoms with Crippen molar-refractivity contribution in [1.29, 1.82) is 0 Å². The van der Waals surface area contributed by atoms with E-state index in [1.165, 1.54) is 4.68 Å². The zero-order valence-electron chi connectivity index (χ0n) is 8.90. The van der Waals surface area contributed by atoms with Crippen molar-refractivity contribution in [2.24, 2.45) is 0 Å². The highest BCUT2D eigenvalue weighted by Crippen LogP contribution is 2.06. The van der Waals surface area contributed by atoms with Crippen LogP contribution in [0.15, 0.2) is 35.3 Å². The van der Waals surface area contributed by atoms with Crippen LogP contribution in [-0.2, 0) is 6.54 Å². The maximum absolute atomic E-state index is 12.0. The molecule has 0 fully saturated rings. The molecular formula is C12H13ClN2O. The van der Waals surface area contributed by atoms with E-state index in [9.17, 15) is 4.79 Å². The van der Waals surface area contributed by atoms with Crippen molar-refractivity contribution in [2.45, 2.75) is 19.4 Å². The number of alkyl halides is 1. The summed E-state index contributed by atoms with van der Waals surface area (Å²) in [4.78, 5) is 12.0. The summed E-state index contributed by atoms with van der Waals surface area (Å²) in [5.41, 5.74) is -0.0207. The third kappa shape index (κ3) is 2.25. The largest absolute Gasteiger partial charge is 0.274 e. The van der Waals surface area contributed by atoms with E-state index in [1.807, 2.05) is 24.3 Å². The standard InChI is InChI=1S/C12H13ClN2O/c13-7-3-4-8-15-12(16)11-6-2-1-5-10(11)9-14-15/h1-2,5-6,9H,3-4,7-8H2. The van der Waals surface area contributed by atoms with Gasteiger partial charge in [-0.15, -0.1) is 11.6 Å². The quantitative estimate of drug-likeness (QED) is 0.604. The van der Waals surface area contributed by atoms with Gasteiger partial charge >= 0.3 is 0 Å². The fourth-order valence-corrected chi connectivity index (χ4v) is 1.83. The fraction of sp³-hybridized carbons (Fsp3) is 0.333. The average molecular weight is 237 g/mol. The molecule has 0 aliphatic carbocycles. The van der Waals surface area contributed by atoms with Crippen molar-refractivity contribution in [3.8, 4) is 0 Å². The third-order valence-corrected chi connectivity index (χ3v) is 2.78. The minimum atomic E-state index is -0.0207. The van der Waals surface area contributed by atoms with Gasteiger partial charge in [0.15, 0.2) is 0 Å². The van der Waals surface area contributed by atoms with Crippen molar-refractivity contribution < 1.29 is 0 Å². The molecular weight excluding hydrogens is 224 g/mol. The van der Waals surface area contributed by atoms with Crippen molar-refractivity contribution in [2.75, 3.05) is 5.88 Å². The molecule has 0 radical (unpaired) electrons. The van der Waals surface area contributed by atoms with Crippen molar-refractivity contribution in [1.82, 2.24) is 9.78 Å². The first-order valence-electron chi connectivity index (χ1n) is 5.34. The molecule has 0 aliphatic heterocycles. The Bertz CT molecular complexity index is 536. The lowest BCUT2D eigenvalue weighted by Crippen LogP contribution is -2.22. The van der Waals surface area contributed by atoms with Gasteiger partial charge in [0, 0.05) is 17.8 Å². The van der Waals surface area contributed by atoms with Gasteiger partial charge in [-0.25, -0.2) is 4.68 Å². The number of nitrogens with zero attached hydrogens (tertiary/aromatic N) is 2. The van der Waals surface area contributed by atoms with E-state index in [0.717, 1.165) is 23.6 Å². The van der Waals surface area contributed by atoms with Gasteiger partial charge in [-0.05, 0) is 18.9 Å². The van der Waals surface area contributed by atoms with Crippen LogP contribution in [0.25, 0.3) is 10.8 Å². The topological polar surface area (TPSA) is 34.9 Å². The molecule has 1 aromatic heterocycles. The van der Waals surface area contributed by atoms with E-state index in [1.54, 1.807) is 6.20 Å². The average Bonchev–Trinajstić information content (AvgIpc) is 2.33. The van der Waals surface area contributed by atoms with E-state index in [2.05, 4.69) is 5.10 Å². The second kappa shape index (κ2) is 5.12.